The lowest BCUT2D eigenvalue weighted by atomic mass is 10.0. The fourth-order valence-electron chi connectivity index (χ4n) is 3.30. The summed E-state index contributed by atoms with van der Waals surface area (Å²) in [7, 11) is -3.38. The van der Waals surface area contributed by atoms with Crippen molar-refractivity contribution in [1.82, 2.24) is 9.78 Å². The molecule has 1 aromatic carbocycles. The highest BCUT2D eigenvalue weighted by atomic mass is 32.2. The van der Waals surface area contributed by atoms with Crippen molar-refractivity contribution in [2.24, 2.45) is 0 Å². The Bertz CT molecular complexity index is 1240. The molecule has 2 aromatic rings. The first-order valence-electron chi connectivity index (χ1n) is 10.3. The molecule has 0 unspecified atom stereocenters. The van der Waals surface area contributed by atoms with Gasteiger partial charge in [-0.3, -0.25) is 9.48 Å². The maximum atomic E-state index is 13.3. The number of alkyl halides is 3. The molecule has 0 amide bonds. The highest BCUT2D eigenvalue weighted by molar-refractivity contribution is 7.91. The largest absolute Gasteiger partial charge is 0.465 e. The van der Waals surface area contributed by atoms with E-state index in [1.54, 1.807) is 56.4 Å². The van der Waals surface area contributed by atoms with Crippen LogP contribution in [0.3, 0.4) is 0 Å². The Kier molecular flexibility index (Phi) is 7.26. The van der Waals surface area contributed by atoms with Crippen LogP contribution < -0.4 is 0 Å². The normalized spacial score (nSPS) is 14.5. The number of hydrogen-bond donors (Lipinski definition) is 0. The van der Waals surface area contributed by atoms with Crippen molar-refractivity contribution in [3.63, 3.8) is 0 Å². The molecule has 0 bridgehead atoms. The molecule has 0 radical (unpaired) electrons. The van der Waals surface area contributed by atoms with Gasteiger partial charge >= 0.3 is 12.1 Å². The first-order valence-corrected chi connectivity index (χ1v) is 11.9. The van der Waals surface area contributed by atoms with E-state index in [-0.39, 0.29) is 22.9 Å². The summed E-state index contributed by atoms with van der Waals surface area (Å²) in [6.07, 6.45) is 2.53. The van der Waals surface area contributed by atoms with Crippen LogP contribution in [0, 0.1) is 0 Å². The zero-order valence-electron chi connectivity index (χ0n) is 18.1. The average molecular weight is 481 g/mol. The molecule has 0 spiro atoms. The third-order valence-corrected chi connectivity index (χ3v) is 6.73. The van der Waals surface area contributed by atoms with Crippen LogP contribution in [-0.2, 0) is 32.1 Å². The smallest absolute Gasteiger partial charge is 0.435 e. The van der Waals surface area contributed by atoms with Gasteiger partial charge in [-0.1, -0.05) is 43.4 Å². The van der Waals surface area contributed by atoms with Gasteiger partial charge in [0.05, 0.1) is 22.9 Å². The molecule has 0 saturated heterocycles. The minimum absolute atomic E-state index is 0.0224. The van der Waals surface area contributed by atoms with E-state index in [1.165, 1.54) is 6.07 Å². The number of nitrogens with zero attached hydrogens (tertiary/aromatic N) is 2. The number of rotatable bonds is 7. The molecule has 1 aliphatic rings. The predicted octanol–water partition coefficient (Wildman–Crippen LogP) is 4.69. The Labute approximate surface area is 190 Å². The van der Waals surface area contributed by atoms with Crippen molar-refractivity contribution >= 4 is 27.0 Å². The maximum absolute atomic E-state index is 13.3. The zero-order valence-corrected chi connectivity index (χ0v) is 18.9. The van der Waals surface area contributed by atoms with Gasteiger partial charge < -0.3 is 4.74 Å². The van der Waals surface area contributed by atoms with Gasteiger partial charge in [0, 0.05) is 0 Å². The third kappa shape index (κ3) is 5.81. The van der Waals surface area contributed by atoms with Crippen LogP contribution in [0.15, 0.2) is 59.5 Å². The number of sulfone groups is 1. The second-order valence-corrected chi connectivity index (χ2v) is 9.51. The van der Waals surface area contributed by atoms with Crippen molar-refractivity contribution in [2.45, 2.75) is 37.9 Å². The second kappa shape index (κ2) is 9.78. The number of carbonyl (C=O) groups excluding carboxylic acids is 1. The third-order valence-electron chi connectivity index (χ3n) is 4.99. The molecule has 3 rings (SSSR count). The van der Waals surface area contributed by atoms with E-state index in [4.69, 9.17) is 4.74 Å². The summed E-state index contributed by atoms with van der Waals surface area (Å²) in [5, 5.41) is 3.56. The van der Waals surface area contributed by atoms with Crippen molar-refractivity contribution in [3.05, 3.63) is 71.6 Å². The van der Waals surface area contributed by atoms with Crippen LogP contribution >= 0.6 is 0 Å². The number of carbonyl (C=O) groups is 1. The highest BCUT2D eigenvalue weighted by Crippen LogP contribution is 2.32. The molecule has 1 heterocycles. The summed E-state index contributed by atoms with van der Waals surface area (Å²) < 4.78 is 70.1. The summed E-state index contributed by atoms with van der Waals surface area (Å²) in [6.45, 7) is 2.81. The standard InChI is InChI=1S/C23H23F3N2O4S/c1-3-32-22(29)15-28-20(14-21(27-28)23(24,25)26)17-8-5-7-16(11-12-17)18-9-6-10-19(13-18)33(30,31)4-2/h5-6,8-14H,3-4,7,15H2,1-2H3. The van der Waals surface area contributed by atoms with Gasteiger partial charge in [0.25, 0.3) is 0 Å². The molecule has 0 fully saturated rings. The van der Waals surface area contributed by atoms with Gasteiger partial charge in [-0.25, -0.2) is 8.42 Å². The number of esters is 1. The van der Waals surface area contributed by atoms with Gasteiger partial charge in [0.1, 0.15) is 6.54 Å². The molecule has 6 nitrogen and oxygen atoms in total. The summed E-state index contributed by atoms with van der Waals surface area (Å²) in [5.74, 6) is -0.718. The van der Waals surface area contributed by atoms with Gasteiger partial charge in [-0.05, 0) is 48.3 Å². The fraction of sp³-hybridized carbons (Fsp3) is 0.304. The van der Waals surface area contributed by atoms with E-state index in [9.17, 15) is 26.4 Å². The predicted molar refractivity (Wildman–Crippen MR) is 118 cm³/mol. The van der Waals surface area contributed by atoms with E-state index in [0.717, 1.165) is 16.3 Å². The summed E-state index contributed by atoms with van der Waals surface area (Å²) in [6, 6.07) is 7.44. The Hall–Kier alpha value is -3.14. The number of ether oxygens (including phenoxy) is 1. The van der Waals surface area contributed by atoms with Crippen LogP contribution in [0.1, 0.15) is 37.2 Å². The van der Waals surface area contributed by atoms with Crippen LogP contribution in [0.5, 0.6) is 0 Å². The molecule has 1 aromatic heterocycles. The summed E-state index contributed by atoms with van der Waals surface area (Å²) in [4.78, 5) is 12.1. The van der Waals surface area contributed by atoms with Crippen LogP contribution in [0.2, 0.25) is 0 Å². The van der Waals surface area contributed by atoms with Crippen molar-refractivity contribution in [1.29, 1.82) is 0 Å². The molecular weight excluding hydrogens is 457 g/mol. The Morgan fingerprint density at radius 1 is 1.18 bits per heavy atom. The van der Waals surface area contributed by atoms with Gasteiger partial charge in [-0.2, -0.15) is 18.3 Å². The van der Waals surface area contributed by atoms with Crippen molar-refractivity contribution < 1.29 is 31.1 Å². The van der Waals surface area contributed by atoms with Crippen LogP contribution in [-0.4, -0.2) is 36.5 Å². The average Bonchev–Trinajstić information content (AvgIpc) is 3.03. The van der Waals surface area contributed by atoms with E-state index in [0.29, 0.717) is 17.6 Å². The minimum Gasteiger partial charge on any atom is -0.465 e. The monoisotopic (exact) mass is 480 g/mol. The van der Waals surface area contributed by atoms with Gasteiger partial charge in [-0.15, -0.1) is 0 Å². The van der Waals surface area contributed by atoms with Gasteiger partial charge in [0.15, 0.2) is 15.5 Å². The molecule has 33 heavy (non-hydrogen) atoms. The van der Waals surface area contributed by atoms with Crippen molar-refractivity contribution in [2.75, 3.05) is 12.4 Å². The fourth-order valence-corrected chi connectivity index (χ4v) is 4.23. The molecule has 0 atom stereocenters. The Balaban J connectivity index is 2.01. The minimum atomic E-state index is -4.67. The molecular formula is C23H23F3N2O4S. The zero-order chi connectivity index (χ0) is 24.2. The van der Waals surface area contributed by atoms with Crippen LogP contribution in [0.25, 0.3) is 11.1 Å². The SMILES string of the molecule is CCOC(=O)Cn1nc(C(F)(F)F)cc1C1=CC=C(c2cccc(S(=O)(=O)CC)c2)CC=C1. The van der Waals surface area contributed by atoms with E-state index in [1.807, 2.05) is 0 Å². The van der Waals surface area contributed by atoms with E-state index in [2.05, 4.69) is 5.10 Å². The molecule has 1 aliphatic carbocycles. The number of benzene rings is 1. The maximum Gasteiger partial charge on any atom is 0.435 e. The summed E-state index contributed by atoms with van der Waals surface area (Å²) in [5.41, 5.74) is 0.924. The number of aromatic nitrogens is 2. The molecule has 10 heteroatoms. The highest BCUT2D eigenvalue weighted by Gasteiger charge is 2.35. The molecule has 0 saturated carbocycles. The number of halogens is 3. The van der Waals surface area contributed by atoms with E-state index >= 15 is 0 Å². The second-order valence-electron chi connectivity index (χ2n) is 7.23. The van der Waals surface area contributed by atoms with Crippen molar-refractivity contribution in [3.8, 4) is 0 Å². The lowest BCUT2D eigenvalue weighted by Crippen LogP contribution is -2.17. The lowest BCUT2D eigenvalue weighted by Gasteiger charge is -2.07. The van der Waals surface area contributed by atoms with Gasteiger partial charge in [0.2, 0.25) is 0 Å². The molecule has 0 N–H and O–H groups in total. The van der Waals surface area contributed by atoms with Crippen LogP contribution in [0.4, 0.5) is 13.2 Å². The quantitative estimate of drug-likeness (QED) is 0.538. The topological polar surface area (TPSA) is 78.3 Å². The first kappa shape index (κ1) is 24.5. The Morgan fingerprint density at radius 3 is 2.61 bits per heavy atom. The number of allylic oxidation sites excluding steroid dienone is 6. The first-order chi connectivity index (χ1) is 15.5. The Morgan fingerprint density at radius 2 is 1.94 bits per heavy atom. The van der Waals surface area contributed by atoms with E-state index < -0.39 is 34.2 Å². The lowest BCUT2D eigenvalue weighted by molar-refractivity contribution is -0.146. The molecule has 0 aliphatic heterocycles. The number of hydrogen-bond acceptors (Lipinski definition) is 5. The molecule has 176 valence electrons. The summed E-state index contributed by atoms with van der Waals surface area (Å²) >= 11 is 0.